The maximum Gasteiger partial charge on any atom is 0.230 e. The third-order valence-corrected chi connectivity index (χ3v) is 6.65. The fraction of sp³-hybridized carbons (Fsp3) is 0.348. The first-order valence-corrected chi connectivity index (χ1v) is 11.7. The monoisotopic (exact) mass is 440 g/mol. The minimum atomic E-state index is 0.0104. The third-order valence-electron chi connectivity index (χ3n) is 5.38. The summed E-state index contributed by atoms with van der Waals surface area (Å²) in [5.74, 6) is 1.12. The van der Waals surface area contributed by atoms with Gasteiger partial charge in [-0.15, -0.1) is 10.2 Å². The van der Waals surface area contributed by atoms with Crippen LogP contribution in [0.1, 0.15) is 37.3 Å². The van der Waals surface area contributed by atoms with Gasteiger partial charge in [-0.1, -0.05) is 78.7 Å². The van der Waals surface area contributed by atoms with Crippen molar-refractivity contribution in [3.05, 3.63) is 65.2 Å². The Balaban J connectivity index is 1.42. The fourth-order valence-corrected chi connectivity index (χ4v) is 4.92. The molecule has 0 bridgehead atoms. The van der Waals surface area contributed by atoms with Crippen LogP contribution >= 0.6 is 23.4 Å². The van der Waals surface area contributed by atoms with Crippen LogP contribution in [0.15, 0.2) is 59.8 Å². The van der Waals surface area contributed by atoms with Gasteiger partial charge in [0.1, 0.15) is 0 Å². The number of rotatable bonds is 8. The number of nitrogens with zero attached hydrogens (tertiary/aromatic N) is 3. The minimum absolute atomic E-state index is 0.0104. The van der Waals surface area contributed by atoms with E-state index in [2.05, 4.69) is 32.2 Å². The number of halogens is 1. The molecule has 156 valence electrons. The molecule has 2 aromatic carbocycles. The van der Waals surface area contributed by atoms with E-state index in [1.165, 1.54) is 30.2 Å². The van der Waals surface area contributed by atoms with E-state index in [0.717, 1.165) is 35.8 Å². The van der Waals surface area contributed by atoms with Gasteiger partial charge in [-0.2, -0.15) is 0 Å². The third kappa shape index (κ3) is 5.05. The molecule has 1 aliphatic carbocycles. The fourth-order valence-electron chi connectivity index (χ4n) is 3.87. The molecule has 1 heterocycles. The van der Waals surface area contributed by atoms with Gasteiger partial charge in [-0.25, -0.2) is 0 Å². The number of thioether (sulfide) groups is 1. The van der Waals surface area contributed by atoms with Gasteiger partial charge >= 0.3 is 0 Å². The van der Waals surface area contributed by atoms with E-state index in [1.54, 1.807) is 0 Å². The van der Waals surface area contributed by atoms with Crippen LogP contribution in [0.25, 0.3) is 11.4 Å². The second kappa shape index (κ2) is 10.1. The predicted octanol–water partition coefficient (Wildman–Crippen LogP) is 5.16. The van der Waals surface area contributed by atoms with Crippen molar-refractivity contribution in [2.24, 2.45) is 0 Å². The highest BCUT2D eigenvalue weighted by Crippen LogP contribution is 2.38. The van der Waals surface area contributed by atoms with Crippen molar-refractivity contribution in [2.45, 2.75) is 43.3 Å². The van der Waals surface area contributed by atoms with Gasteiger partial charge in [0, 0.05) is 18.2 Å². The highest BCUT2D eigenvalue weighted by atomic mass is 35.5. The second-order valence-electron chi connectivity index (χ2n) is 7.47. The predicted molar refractivity (Wildman–Crippen MR) is 122 cm³/mol. The highest BCUT2D eigenvalue weighted by Gasteiger charge is 2.26. The molecular weight excluding hydrogens is 416 g/mol. The van der Waals surface area contributed by atoms with E-state index in [0.29, 0.717) is 23.4 Å². The number of amides is 1. The van der Waals surface area contributed by atoms with Crippen LogP contribution in [-0.4, -0.2) is 33.0 Å². The first-order chi connectivity index (χ1) is 14.7. The van der Waals surface area contributed by atoms with Gasteiger partial charge in [0.25, 0.3) is 0 Å². The Bertz CT molecular complexity index is 986. The summed E-state index contributed by atoms with van der Waals surface area (Å²) in [6.07, 6.45) is 5.44. The molecule has 1 aliphatic rings. The second-order valence-corrected chi connectivity index (χ2v) is 8.82. The molecule has 1 aromatic heterocycles. The average molecular weight is 441 g/mol. The highest BCUT2D eigenvalue weighted by molar-refractivity contribution is 7.99. The summed E-state index contributed by atoms with van der Waals surface area (Å²) in [6.45, 7) is 0.629. The largest absolute Gasteiger partial charge is 0.355 e. The first-order valence-electron chi connectivity index (χ1n) is 10.4. The van der Waals surface area contributed by atoms with E-state index < -0.39 is 0 Å². The summed E-state index contributed by atoms with van der Waals surface area (Å²) in [7, 11) is 0. The smallest absolute Gasteiger partial charge is 0.230 e. The van der Waals surface area contributed by atoms with E-state index in [9.17, 15) is 4.79 Å². The van der Waals surface area contributed by atoms with Crippen LogP contribution in [0.2, 0.25) is 5.02 Å². The molecular formula is C23H25ClN4OS. The van der Waals surface area contributed by atoms with Gasteiger partial charge in [0.15, 0.2) is 11.0 Å². The van der Waals surface area contributed by atoms with Gasteiger partial charge in [0.05, 0.1) is 10.8 Å². The van der Waals surface area contributed by atoms with Gasteiger partial charge in [0.2, 0.25) is 5.91 Å². The van der Waals surface area contributed by atoms with Gasteiger partial charge in [-0.05, 0) is 37.0 Å². The maximum atomic E-state index is 12.4. The van der Waals surface area contributed by atoms with Gasteiger partial charge < -0.3 is 5.32 Å². The molecule has 0 unspecified atom stereocenters. The first kappa shape index (κ1) is 20.9. The van der Waals surface area contributed by atoms with Crippen molar-refractivity contribution >= 4 is 29.3 Å². The standard InChI is InChI=1S/C23H25ClN4OS/c24-20-13-7-6-12-19(20)22-26-27-23(28(22)18-10-4-5-11-18)30-16-21(29)25-15-14-17-8-2-1-3-9-17/h1-3,6-9,12-13,18H,4-5,10-11,14-16H2,(H,25,29). The van der Waals surface area contributed by atoms with E-state index >= 15 is 0 Å². The Labute approximate surface area is 186 Å². The molecule has 1 saturated carbocycles. The van der Waals surface area contributed by atoms with Crippen LogP contribution in [0.5, 0.6) is 0 Å². The van der Waals surface area contributed by atoms with Crippen molar-refractivity contribution in [1.29, 1.82) is 0 Å². The number of hydrogen-bond donors (Lipinski definition) is 1. The molecule has 0 radical (unpaired) electrons. The zero-order valence-electron chi connectivity index (χ0n) is 16.8. The van der Waals surface area contributed by atoms with Crippen LogP contribution in [0.4, 0.5) is 0 Å². The van der Waals surface area contributed by atoms with Crippen LogP contribution in [0, 0.1) is 0 Å². The molecule has 5 nitrogen and oxygen atoms in total. The van der Waals surface area contributed by atoms with Crippen LogP contribution in [0.3, 0.4) is 0 Å². The summed E-state index contributed by atoms with van der Waals surface area (Å²) in [5.41, 5.74) is 2.11. The van der Waals surface area contributed by atoms with E-state index in [-0.39, 0.29) is 5.91 Å². The van der Waals surface area contributed by atoms with Crippen molar-refractivity contribution in [1.82, 2.24) is 20.1 Å². The summed E-state index contributed by atoms with van der Waals surface area (Å²) in [4.78, 5) is 12.4. The molecule has 30 heavy (non-hydrogen) atoms. The summed E-state index contributed by atoms with van der Waals surface area (Å²) in [5, 5.41) is 13.3. The summed E-state index contributed by atoms with van der Waals surface area (Å²) >= 11 is 7.87. The lowest BCUT2D eigenvalue weighted by Gasteiger charge is -2.17. The van der Waals surface area contributed by atoms with Crippen molar-refractivity contribution in [2.75, 3.05) is 12.3 Å². The molecule has 0 spiro atoms. The zero-order valence-corrected chi connectivity index (χ0v) is 18.3. The lowest BCUT2D eigenvalue weighted by molar-refractivity contribution is -0.118. The van der Waals surface area contributed by atoms with Crippen LogP contribution in [-0.2, 0) is 11.2 Å². The zero-order chi connectivity index (χ0) is 20.8. The molecule has 0 saturated heterocycles. The molecule has 3 aromatic rings. The lowest BCUT2D eigenvalue weighted by atomic mass is 10.1. The topological polar surface area (TPSA) is 59.8 Å². The van der Waals surface area contributed by atoms with Crippen molar-refractivity contribution in [3.8, 4) is 11.4 Å². The molecule has 1 fully saturated rings. The molecule has 1 amide bonds. The van der Waals surface area contributed by atoms with Crippen LogP contribution < -0.4 is 5.32 Å². The van der Waals surface area contributed by atoms with Gasteiger partial charge in [-0.3, -0.25) is 9.36 Å². The number of benzene rings is 2. The molecule has 0 atom stereocenters. The lowest BCUT2D eigenvalue weighted by Crippen LogP contribution is -2.27. The Morgan fingerprint density at radius 2 is 1.80 bits per heavy atom. The maximum absolute atomic E-state index is 12.4. The summed E-state index contributed by atoms with van der Waals surface area (Å²) in [6, 6.07) is 18.2. The molecule has 7 heteroatoms. The Kier molecular flexibility index (Phi) is 7.07. The van der Waals surface area contributed by atoms with Crippen molar-refractivity contribution < 1.29 is 4.79 Å². The number of hydrogen-bond acceptors (Lipinski definition) is 4. The molecule has 1 N–H and O–H groups in total. The minimum Gasteiger partial charge on any atom is -0.355 e. The number of carbonyl (C=O) groups is 1. The summed E-state index contributed by atoms with van der Waals surface area (Å²) < 4.78 is 2.19. The Morgan fingerprint density at radius 3 is 2.57 bits per heavy atom. The average Bonchev–Trinajstić information content (AvgIpc) is 3.43. The number of aromatic nitrogens is 3. The SMILES string of the molecule is O=C(CSc1nnc(-c2ccccc2Cl)n1C1CCCC1)NCCc1ccccc1. The number of carbonyl (C=O) groups excluding carboxylic acids is 1. The van der Waals surface area contributed by atoms with E-state index in [4.69, 9.17) is 11.6 Å². The Morgan fingerprint density at radius 1 is 1.07 bits per heavy atom. The van der Waals surface area contributed by atoms with E-state index in [1.807, 2.05) is 42.5 Å². The molecule has 0 aliphatic heterocycles. The normalized spacial score (nSPS) is 14.2. The Hall–Kier alpha value is -2.31. The quantitative estimate of drug-likeness (QED) is 0.491. The number of nitrogens with one attached hydrogen (secondary N) is 1. The van der Waals surface area contributed by atoms with Crippen molar-refractivity contribution in [3.63, 3.8) is 0 Å². The molecule has 4 rings (SSSR count).